The normalized spacial score (nSPS) is 25.9. The fourth-order valence-corrected chi connectivity index (χ4v) is 3.33. The highest BCUT2D eigenvalue weighted by molar-refractivity contribution is 5.83. The van der Waals surface area contributed by atoms with Crippen LogP contribution in [0.1, 0.15) is 24.8 Å². The van der Waals surface area contributed by atoms with Crippen molar-refractivity contribution in [3.05, 3.63) is 42.5 Å². The van der Waals surface area contributed by atoms with Crippen molar-refractivity contribution in [3.8, 4) is 0 Å². The number of rotatable bonds is 5. The Hall–Kier alpha value is -2.79. The van der Waals surface area contributed by atoms with Crippen molar-refractivity contribution in [2.24, 2.45) is 0 Å². The standard InChI is InChI=1S/C18H22N6O4/c1-9(10-2-4-11(19)5-3-10)23-16-13-17(21-7-20-16)24(8-22-13)18-15(27)14(26)12(6-25)28-18/h2-5,7-9,12,14-15,18,25-27H,6,19H2,1H3,(H,20,21,23)/t9?,12-,14?,15+,18-/m1/s1. The van der Waals surface area contributed by atoms with Gasteiger partial charge in [0, 0.05) is 5.69 Å². The zero-order chi connectivity index (χ0) is 19.8. The molecule has 3 aromatic rings. The number of aliphatic hydroxyl groups excluding tert-OH is 3. The van der Waals surface area contributed by atoms with Crippen LogP contribution in [0.25, 0.3) is 11.2 Å². The SMILES string of the molecule is CC(Nc1ncnc2c1ncn2[C@@H]1O[C@H](CO)C(O)[C@@H]1O)c1ccc(N)cc1. The molecule has 1 aliphatic heterocycles. The van der Waals surface area contributed by atoms with Gasteiger partial charge in [0.15, 0.2) is 23.2 Å². The third-order valence-corrected chi connectivity index (χ3v) is 4.94. The molecule has 0 saturated carbocycles. The van der Waals surface area contributed by atoms with Crippen molar-refractivity contribution in [2.75, 3.05) is 17.7 Å². The number of hydrogen-bond donors (Lipinski definition) is 5. The summed E-state index contributed by atoms with van der Waals surface area (Å²) in [6.07, 6.45) is -1.33. The fourth-order valence-electron chi connectivity index (χ4n) is 3.33. The maximum atomic E-state index is 10.3. The van der Waals surface area contributed by atoms with E-state index in [1.165, 1.54) is 17.2 Å². The molecule has 0 spiro atoms. The Balaban J connectivity index is 1.63. The Labute approximate surface area is 160 Å². The van der Waals surface area contributed by atoms with Gasteiger partial charge in [-0.1, -0.05) is 12.1 Å². The van der Waals surface area contributed by atoms with E-state index in [2.05, 4.69) is 20.3 Å². The Kier molecular flexibility index (Phi) is 4.85. The number of ether oxygens (including phenoxy) is 1. The van der Waals surface area contributed by atoms with E-state index in [1.807, 2.05) is 31.2 Å². The summed E-state index contributed by atoms with van der Waals surface area (Å²) in [4.78, 5) is 12.9. The van der Waals surface area contributed by atoms with Gasteiger partial charge in [-0.3, -0.25) is 4.57 Å². The molecule has 1 aliphatic rings. The molecule has 5 atom stereocenters. The van der Waals surface area contributed by atoms with Crippen molar-refractivity contribution >= 4 is 22.7 Å². The van der Waals surface area contributed by atoms with Crippen LogP contribution in [0.3, 0.4) is 0 Å². The molecule has 0 bridgehead atoms. The molecule has 3 heterocycles. The highest BCUT2D eigenvalue weighted by Crippen LogP contribution is 2.32. The molecule has 4 rings (SSSR count). The summed E-state index contributed by atoms with van der Waals surface area (Å²) < 4.78 is 7.10. The van der Waals surface area contributed by atoms with Crippen molar-refractivity contribution in [1.29, 1.82) is 0 Å². The van der Waals surface area contributed by atoms with E-state index < -0.39 is 31.1 Å². The van der Waals surface area contributed by atoms with Gasteiger partial charge in [0.2, 0.25) is 0 Å². The summed E-state index contributed by atoms with van der Waals surface area (Å²) in [7, 11) is 0. The first-order valence-corrected chi connectivity index (χ1v) is 8.91. The second-order valence-electron chi connectivity index (χ2n) is 6.81. The Morgan fingerprint density at radius 3 is 2.61 bits per heavy atom. The van der Waals surface area contributed by atoms with E-state index in [9.17, 15) is 15.3 Å². The van der Waals surface area contributed by atoms with Crippen LogP contribution in [-0.4, -0.2) is 59.8 Å². The third kappa shape index (κ3) is 3.16. The van der Waals surface area contributed by atoms with E-state index in [-0.39, 0.29) is 6.04 Å². The molecule has 2 aromatic heterocycles. The first kappa shape index (κ1) is 18.6. The van der Waals surface area contributed by atoms with Crippen LogP contribution in [0.15, 0.2) is 36.9 Å². The molecule has 1 fully saturated rings. The lowest BCUT2D eigenvalue weighted by Crippen LogP contribution is -2.33. The summed E-state index contributed by atoms with van der Waals surface area (Å²) in [5, 5.41) is 32.9. The first-order chi connectivity index (χ1) is 13.5. The lowest BCUT2D eigenvalue weighted by atomic mass is 10.1. The number of nitrogens with two attached hydrogens (primary N) is 1. The number of anilines is 2. The van der Waals surface area contributed by atoms with Gasteiger partial charge in [-0.15, -0.1) is 0 Å². The first-order valence-electron chi connectivity index (χ1n) is 8.91. The predicted octanol–water partition coefficient (Wildman–Crippen LogP) is 0.193. The largest absolute Gasteiger partial charge is 0.399 e. The summed E-state index contributed by atoms with van der Waals surface area (Å²) >= 11 is 0. The number of nitrogens with one attached hydrogen (secondary N) is 1. The topological polar surface area (TPSA) is 152 Å². The van der Waals surface area contributed by atoms with Crippen LogP contribution in [0.4, 0.5) is 11.5 Å². The van der Waals surface area contributed by atoms with E-state index in [4.69, 9.17) is 10.5 Å². The summed E-state index contributed by atoms with van der Waals surface area (Å²) in [5.41, 5.74) is 8.41. The number of aromatic nitrogens is 4. The molecular weight excluding hydrogens is 364 g/mol. The molecule has 1 saturated heterocycles. The van der Waals surface area contributed by atoms with Gasteiger partial charge in [-0.2, -0.15) is 0 Å². The van der Waals surface area contributed by atoms with E-state index in [0.717, 1.165) is 5.56 Å². The quantitative estimate of drug-likeness (QED) is 0.387. The average molecular weight is 386 g/mol. The average Bonchev–Trinajstić information content (AvgIpc) is 3.24. The molecule has 148 valence electrons. The number of aliphatic hydroxyl groups is 3. The van der Waals surface area contributed by atoms with E-state index in [1.54, 1.807) is 0 Å². The Bertz CT molecular complexity index is 962. The minimum Gasteiger partial charge on any atom is -0.399 e. The highest BCUT2D eigenvalue weighted by Gasteiger charge is 2.44. The predicted molar refractivity (Wildman–Crippen MR) is 101 cm³/mol. The highest BCUT2D eigenvalue weighted by atomic mass is 16.6. The minimum absolute atomic E-state index is 0.0576. The molecule has 6 N–H and O–H groups in total. The van der Waals surface area contributed by atoms with Gasteiger partial charge in [0.25, 0.3) is 0 Å². The van der Waals surface area contributed by atoms with Gasteiger partial charge in [0.05, 0.1) is 19.0 Å². The number of hydrogen-bond acceptors (Lipinski definition) is 9. The van der Waals surface area contributed by atoms with Crippen LogP contribution in [-0.2, 0) is 4.74 Å². The molecule has 2 unspecified atom stereocenters. The van der Waals surface area contributed by atoms with Crippen molar-refractivity contribution in [3.63, 3.8) is 0 Å². The second kappa shape index (κ2) is 7.32. The lowest BCUT2D eigenvalue weighted by molar-refractivity contribution is -0.0511. The summed E-state index contributed by atoms with van der Waals surface area (Å²) in [6.45, 7) is 1.59. The number of nitrogens with zero attached hydrogens (tertiary/aromatic N) is 4. The van der Waals surface area contributed by atoms with Crippen molar-refractivity contribution in [1.82, 2.24) is 19.5 Å². The van der Waals surface area contributed by atoms with Crippen LogP contribution in [0, 0.1) is 0 Å². The molecule has 10 heteroatoms. The van der Waals surface area contributed by atoms with Gasteiger partial charge < -0.3 is 31.1 Å². The zero-order valence-electron chi connectivity index (χ0n) is 15.2. The van der Waals surface area contributed by atoms with Gasteiger partial charge >= 0.3 is 0 Å². The van der Waals surface area contributed by atoms with Crippen LogP contribution in [0.2, 0.25) is 0 Å². The van der Waals surface area contributed by atoms with Crippen molar-refractivity contribution < 1.29 is 20.1 Å². The minimum atomic E-state index is -1.21. The molecular formula is C18H22N6O4. The zero-order valence-corrected chi connectivity index (χ0v) is 15.2. The molecule has 10 nitrogen and oxygen atoms in total. The van der Waals surface area contributed by atoms with Gasteiger partial charge in [-0.25, -0.2) is 15.0 Å². The fraction of sp³-hybridized carbons (Fsp3) is 0.389. The molecule has 0 radical (unpaired) electrons. The number of fused-ring (bicyclic) bond motifs is 1. The second-order valence-corrected chi connectivity index (χ2v) is 6.81. The van der Waals surface area contributed by atoms with E-state index in [0.29, 0.717) is 22.7 Å². The summed E-state index contributed by atoms with van der Waals surface area (Å²) in [6, 6.07) is 7.48. The van der Waals surface area contributed by atoms with Crippen molar-refractivity contribution in [2.45, 2.75) is 37.5 Å². The number of imidazole rings is 1. The Morgan fingerprint density at radius 2 is 1.93 bits per heavy atom. The van der Waals surface area contributed by atoms with Gasteiger partial charge in [0.1, 0.15) is 24.6 Å². The lowest BCUT2D eigenvalue weighted by Gasteiger charge is -2.17. The molecule has 1 aromatic carbocycles. The molecule has 28 heavy (non-hydrogen) atoms. The monoisotopic (exact) mass is 386 g/mol. The van der Waals surface area contributed by atoms with Crippen LogP contribution in [0.5, 0.6) is 0 Å². The maximum absolute atomic E-state index is 10.3. The number of benzene rings is 1. The third-order valence-electron chi connectivity index (χ3n) is 4.94. The van der Waals surface area contributed by atoms with Crippen LogP contribution < -0.4 is 11.1 Å². The molecule has 0 amide bonds. The van der Waals surface area contributed by atoms with Crippen LogP contribution >= 0.6 is 0 Å². The maximum Gasteiger partial charge on any atom is 0.167 e. The van der Waals surface area contributed by atoms with E-state index >= 15 is 0 Å². The van der Waals surface area contributed by atoms with Gasteiger partial charge in [-0.05, 0) is 24.6 Å². The molecule has 0 aliphatic carbocycles. The number of nitrogen functional groups attached to an aromatic ring is 1. The smallest absolute Gasteiger partial charge is 0.167 e. The Morgan fingerprint density at radius 1 is 1.18 bits per heavy atom. The summed E-state index contributed by atoms with van der Waals surface area (Å²) in [5.74, 6) is 0.528.